The second-order valence-electron chi connectivity index (χ2n) is 6.89. The Balaban J connectivity index is 1.76. The lowest BCUT2D eigenvalue weighted by Gasteiger charge is -2.31. The Morgan fingerprint density at radius 1 is 1.00 bits per heavy atom. The van der Waals surface area contributed by atoms with Crippen LogP contribution in [0.15, 0.2) is 71.7 Å². The summed E-state index contributed by atoms with van der Waals surface area (Å²) >= 11 is 12.4. The Labute approximate surface area is 179 Å². The van der Waals surface area contributed by atoms with E-state index in [0.29, 0.717) is 16.5 Å². The molecule has 0 amide bonds. The number of methoxy groups -OCH3 is 1. The van der Waals surface area contributed by atoms with Crippen molar-refractivity contribution >= 4 is 28.9 Å². The largest absolute Gasteiger partial charge is 0.508 e. The van der Waals surface area contributed by atoms with Crippen LogP contribution in [0.4, 0.5) is 0 Å². The molecule has 0 saturated heterocycles. The standard InChI is InChI=1S/C23H20Cl2N2O2/c1-29-18-8-5-14(6-9-18)20-13-21(19-12-17(25)7-10-22(19)28)27-23(26-20)15-3-2-4-16(24)11-15/h2-12,21,23,27-28H,13H2,1H3/t21-,23+/m1/s1. The molecule has 148 valence electrons. The molecule has 4 nitrogen and oxygen atoms in total. The van der Waals surface area contributed by atoms with Crippen LogP contribution in [-0.2, 0) is 0 Å². The third-order valence-electron chi connectivity index (χ3n) is 4.99. The number of rotatable bonds is 4. The van der Waals surface area contributed by atoms with Crippen LogP contribution in [0.5, 0.6) is 11.5 Å². The molecule has 4 rings (SSSR count). The van der Waals surface area contributed by atoms with Gasteiger partial charge in [0.15, 0.2) is 0 Å². The maximum atomic E-state index is 10.4. The van der Waals surface area contributed by atoms with E-state index in [1.165, 1.54) is 0 Å². The highest BCUT2D eigenvalue weighted by Crippen LogP contribution is 2.36. The molecule has 3 aromatic rings. The van der Waals surface area contributed by atoms with Crippen molar-refractivity contribution in [2.75, 3.05) is 7.11 Å². The monoisotopic (exact) mass is 426 g/mol. The molecule has 0 aromatic heterocycles. The van der Waals surface area contributed by atoms with Crippen molar-refractivity contribution in [1.82, 2.24) is 5.32 Å². The number of aromatic hydroxyl groups is 1. The van der Waals surface area contributed by atoms with E-state index in [2.05, 4.69) is 5.32 Å². The smallest absolute Gasteiger partial charge is 0.126 e. The number of nitrogens with one attached hydrogen (secondary N) is 1. The Kier molecular flexibility index (Phi) is 5.76. The molecule has 2 atom stereocenters. The highest BCUT2D eigenvalue weighted by molar-refractivity contribution is 6.31. The van der Waals surface area contributed by atoms with Gasteiger partial charge in [0.05, 0.1) is 7.11 Å². The van der Waals surface area contributed by atoms with Crippen molar-refractivity contribution in [2.24, 2.45) is 4.99 Å². The molecule has 29 heavy (non-hydrogen) atoms. The Bertz CT molecular complexity index is 1050. The van der Waals surface area contributed by atoms with E-state index in [9.17, 15) is 5.11 Å². The number of aliphatic imine (C=N–C) groups is 1. The third kappa shape index (κ3) is 4.40. The van der Waals surface area contributed by atoms with Gasteiger partial charge in [-0.25, -0.2) is 0 Å². The lowest BCUT2D eigenvalue weighted by atomic mass is 9.93. The molecule has 0 unspecified atom stereocenters. The average molecular weight is 427 g/mol. The molecule has 1 aliphatic rings. The summed E-state index contributed by atoms with van der Waals surface area (Å²) in [5, 5.41) is 15.2. The molecular weight excluding hydrogens is 407 g/mol. The van der Waals surface area contributed by atoms with E-state index < -0.39 is 0 Å². The van der Waals surface area contributed by atoms with Gasteiger partial charge in [0.1, 0.15) is 17.7 Å². The molecule has 0 bridgehead atoms. The number of hydrogen-bond acceptors (Lipinski definition) is 4. The fourth-order valence-electron chi connectivity index (χ4n) is 3.52. The van der Waals surface area contributed by atoms with Gasteiger partial charge in [-0.15, -0.1) is 0 Å². The second-order valence-corrected chi connectivity index (χ2v) is 7.76. The maximum Gasteiger partial charge on any atom is 0.126 e. The molecule has 1 heterocycles. The molecule has 6 heteroatoms. The van der Waals surface area contributed by atoms with Crippen LogP contribution in [0.2, 0.25) is 10.0 Å². The number of nitrogens with zero attached hydrogens (tertiary/aromatic N) is 1. The first-order valence-electron chi connectivity index (χ1n) is 9.24. The Hall–Kier alpha value is -2.53. The minimum atomic E-state index is -0.303. The first-order chi connectivity index (χ1) is 14.0. The lowest BCUT2D eigenvalue weighted by molar-refractivity contribution is 0.412. The van der Waals surface area contributed by atoms with E-state index >= 15 is 0 Å². The van der Waals surface area contributed by atoms with E-state index in [1.54, 1.807) is 25.3 Å². The van der Waals surface area contributed by atoms with Crippen LogP contribution in [0.1, 0.15) is 35.3 Å². The minimum Gasteiger partial charge on any atom is -0.508 e. The van der Waals surface area contributed by atoms with Crippen molar-refractivity contribution in [3.63, 3.8) is 0 Å². The van der Waals surface area contributed by atoms with E-state index in [-0.39, 0.29) is 18.0 Å². The van der Waals surface area contributed by atoms with Gasteiger partial charge in [-0.1, -0.05) is 35.3 Å². The molecule has 0 aliphatic carbocycles. The number of halogens is 2. The van der Waals surface area contributed by atoms with Crippen molar-refractivity contribution in [2.45, 2.75) is 18.6 Å². The maximum absolute atomic E-state index is 10.4. The number of hydrogen-bond donors (Lipinski definition) is 2. The van der Waals surface area contributed by atoms with E-state index in [1.807, 2.05) is 48.5 Å². The normalized spacial score (nSPS) is 18.9. The molecule has 0 radical (unpaired) electrons. The fraction of sp³-hybridized carbons (Fsp3) is 0.174. The van der Waals surface area contributed by atoms with Gasteiger partial charge in [0, 0.05) is 33.8 Å². The number of phenolic OH excluding ortho intramolecular Hbond substituents is 1. The third-order valence-corrected chi connectivity index (χ3v) is 5.46. The molecule has 1 aliphatic heterocycles. The fourth-order valence-corrected chi connectivity index (χ4v) is 3.90. The quantitative estimate of drug-likeness (QED) is 0.543. The van der Waals surface area contributed by atoms with Gasteiger partial charge in [0.25, 0.3) is 0 Å². The highest BCUT2D eigenvalue weighted by atomic mass is 35.5. The van der Waals surface area contributed by atoms with E-state index in [4.69, 9.17) is 32.9 Å². The molecule has 0 spiro atoms. The summed E-state index contributed by atoms with van der Waals surface area (Å²) in [4.78, 5) is 4.94. The van der Waals surface area contributed by atoms with Crippen LogP contribution in [0.25, 0.3) is 0 Å². The highest BCUT2D eigenvalue weighted by Gasteiger charge is 2.28. The minimum absolute atomic E-state index is 0.160. The van der Waals surface area contributed by atoms with Gasteiger partial charge in [0.2, 0.25) is 0 Å². The SMILES string of the molecule is COc1ccc(C2=N[C@H](c3cccc(Cl)c3)N[C@@H](c3cc(Cl)ccc3O)C2)cc1. The predicted octanol–water partition coefficient (Wildman–Crippen LogP) is 5.93. The Morgan fingerprint density at radius 2 is 1.76 bits per heavy atom. The number of ether oxygens (including phenoxy) is 1. The molecule has 0 fully saturated rings. The average Bonchev–Trinajstić information content (AvgIpc) is 2.75. The molecule has 3 aromatic carbocycles. The van der Waals surface area contributed by atoms with Crippen molar-refractivity contribution < 1.29 is 9.84 Å². The van der Waals surface area contributed by atoms with Gasteiger partial charge in [-0.05, 0) is 65.7 Å². The van der Waals surface area contributed by atoms with Crippen molar-refractivity contribution in [3.8, 4) is 11.5 Å². The number of phenols is 1. The summed E-state index contributed by atoms with van der Waals surface area (Å²) in [7, 11) is 1.64. The first-order valence-corrected chi connectivity index (χ1v) is 10.00. The second kappa shape index (κ2) is 8.46. The van der Waals surface area contributed by atoms with Gasteiger partial charge < -0.3 is 9.84 Å². The van der Waals surface area contributed by atoms with Crippen LogP contribution in [-0.4, -0.2) is 17.9 Å². The van der Waals surface area contributed by atoms with Crippen LogP contribution in [0.3, 0.4) is 0 Å². The predicted molar refractivity (Wildman–Crippen MR) is 117 cm³/mol. The Morgan fingerprint density at radius 3 is 2.48 bits per heavy atom. The van der Waals surface area contributed by atoms with E-state index in [0.717, 1.165) is 28.2 Å². The summed E-state index contributed by atoms with van der Waals surface area (Å²) in [5.74, 6) is 0.992. The van der Waals surface area contributed by atoms with Gasteiger partial charge in [-0.2, -0.15) is 0 Å². The van der Waals surface area contributed by atoms with Crippen LogP contribution < -0.4 is 10.1 Å². The summed E-state index contributed by atoms with van der Waals surface area (Å²) in [6, 6.07) is 20.4. The lowest BCUT2D eigenvalue weighted by Crippen LogP contribution is -2.33. The zero-order valence-corrected chi connectivity index (χ0v) is 17.3. The summed E-state index contributed by atoms with van der Waals surface area (Å²) < 4.78 is 5.26. The first kappa shape index (κ1) is 19.8. The molecule has 2 N–H and O–H groups in total. The molecular formula is C23H20Cl2N2O2. The van der Waals surface area contributed by atoms with Crippen LogP contribution in [0, 0.1) is 0 Å². The topological polar surface area (TPSA) is 53.8 Å². The summed E-state index contributed by atoms with van der Waals surface area (Å²) in [5.41, 5.74) is 3.63. The van der Waals surface area contributed by atoms with Crippen molar-refractivity contribution in [1.29, 1.82) is 0 Å². The summed E-state index contributed by atoms with van der Waals surface area (Å²) in [6.45, 7) is 0. The van der Waals surface area contributed by atoms with Crippen molar-refractivity contribution in [3.05, 3.63) is 93.5 Å². The zero-order valence-electron chi connectivity index (χ0n) is 15.8. The summed E-state index contributed by atoms with van der Waals surface area (Å²) in [6.07, 6.45) is 0.306. The number of benzene rings is 3. The van der Waals surface area contributed by atoms with Gasteiger partial charge in [-0.3, -0.25) is 10.3 Å². The molecule has 0 saturated carbocycles. The van der Waals surface area contributed by atoms with Crippen LogP contribution >= 0.6 is 23.2 Å². The zero-order chi connectivity index (χ0) is 20.4. The van der Waals surface area contributed by atoms with Gasteiger partial charge >= 0.3 is 0 Å².